The molecular formula is C12H7F15O2. The standard InChI is InChI=1S/C12H7F15O2/c1-3(5(28)29)2-4(13)7(16,17)9(20,21)11(24,25)12(26,27)10(22,23)8(18,19)6(14)15/h4,6H,1-2H2,(H,28,29). The van der Waals surface area contributed by atoms with Gasteiger partial charge in [0.15, 0.2) is 6.17 Å². The molecule has 1 unspecified atom stereocenters. The Morgan fingerprint density at radius 1 is 0.690 bits per heavy atom. The third-order valence-corrected chi connectivity index (χ3v) is 3.42. The highest BCUT2D eigenvalue weighted by atomic mass is 19.4. The van der Waals surface area contributed by atoms with Gasteiger partial charge in [0.1, 0.15) is 0 Å². The van der Waals surface area contributed by atoms with Crippen LogP contribution in [0.3, 0.4) is 0 Å². The number of hydrogen-bond acceptors (Lipinski definition) is 1. The van der Waals surface area contributed by atoms with Crippen LogP contribution < -0.4 is 0 Å². The molecule has 1 atom stereocenters. The van der Waals surface area contributed by atoms with E-state index in [0.717, 1.165) is 0 Å². The Bertz CT molecular complexity index is 639. The summed E-state index contributed by atoms with van der Waals surface area (Å²) < 4.78 is 194. The number of halogens is 15. The lowest BCUT2D eigenvalue weighted by atomic mass is 9.88. The zero-order chi connectivity index (χ0) is 24.0. The number of carbonyl (C=O) groups is 1. The number of hydrogen-bond donors (Lipinski definition) is 1. The van der Waals surface area contributed by atoms with E-state index in [4.69, 9.17) is 5.11 Å². The van der Waals surface area contributed by atoms with Gasteiger partial charge in [-0.3, -0.25) is 0 Å². The monoisotopic (exact) mass is 468 g/mol. The summed E-state index contributed by atoms with van der Waals surface area (Å²) in [6.07, 6.45) is -13.0. The van der Waals surface area contributed by atoms with Crippen LogP contribution in [0.2, 0.25) is 0 Å². The largest absolute Gasteiger partial charge is 0.478 e. The van der Waals surface area contributed by atoms with Crippen molar-refractivity contribution in [2.45, 2.75) is 54.6 Å². The fraction of sp³-hybridized carbons (Fsp3) is 0.750. The minimum atomic E-state index is -8.27. The van der Waals surface area contributed by atoms with E-state index in [1.54, 1.807) is 0 Å². The van der Waals surface area contributed by atoms with Gasteiger partial charge in [-0.25, -0.2) is 18.0 Å². The molecule has 0 bridgehead atoms. The lowest BCUT2D eigenvalue weighted by Crippen LogP contribution is -2.72. The summed E-state index contributed by atoms with van der Waals surface area (Å²) >= 11 is 0. The van der Waals surface area contributed by atoms with Gasteiger partial charge in [-0.15, -0.1) is 0 Å². The Hall–Kier alpha value is -1.84. The lowest BCUT2D eigenvalue weighted by Gasteiger charge is -2.41. The maximum absolute atomic E-state index is 13.3. The van der Waals surface area contributed by atoms with Crippen LogP contribution in [0.4, 0.5) is 65.9 Å². The quantitative estimate of drug-likeness (QED) is 0.343. The van der Waals surface area contributed by atoms with Gasteiger partial charge < -0.3 is 5.11 Å². The number of aliphatic carboxylic acids is 1. The van der Waals surface area contributed by atoms with E-state index in [2.05, 4.69) is 6.58 Å². The van der Waals surface area contributed by atoms with Crippen LogP contribution in [0.15, 0.2) is 12.2 Å². The van der Waals surface area contributed by atoms with Crippen LogP contribution in [0.25, 0.3) is 0 Å². The predicted molar refractivity (Wildman–Crippen MR) is 62.0 cm³/mol. The van der Waals surface area contributed by atoms with Crippen molar-refractivity contribution in [3.05, 3.63) is 12.2 Å². The zero-order valence-corrected chi connectivity index (χ0v) is 13.1. The van der Waals surface area contributed by atoms with Gasteiger partial charge in [-0.05, 0) is 0 Å². The normalized spacial score (nSPS) is 16.1. The van der Waals surface area contributed by atoms with E-state index >= 15 is 0 Å². The second kappa shape index (κ2) is 7.45. The average molecular weight is 468 g/mol. The van der Waals surface area contributed by atoms with E-state index in [0.29, 0.717) is 0 Å². The average Bonchev–Trinajstić information content (AvgIpc) is 2.53. The first kappa shape index (κ1) is 27.2. The second-order valence-corrected chi connectivity index (χ2v) is 5.42. The molecule has 0 saturated heterocycles. The minimum Gasteiger partial charge on any atom is -0.478 e. The van der Waals surface area contributed by atoms with Crippen molar-refractivity contribution in [1.82, 2.24) is 0 Å². The molecule has 172 valence electrons. The molecule has 0 rings (SSSR count). The molecule has 29 heavy (non-hydrogen) atoms. The molecule has 0 amide bonds. The third kappa shape index (κ3) is 3.83. The van der Waals surface area contributed by atoms with E-state index in [1.807, 2.05) is 0 Å². The molecule has 0 aromatic heterocycles. The van der Waals surface area contributed by atoms with E-state index < -0.39 is 66.1 Å². The highest BCUT2D eigenvalue weighted by molar-refractivity contribution is 5.85. The summed E-state index contributed by atoms with van der Waals surface area (Å²) in [6, 6.07) is 0. The SMILES string of the molecule is C=C(CC(F)C(F)(F)C(F)(F)C(F)(F)C(F)(F)C(F)(F)C(F)(F)C(F)F)C(=O)O. The van der Waals surface area contributed by atoms with Gasteiger partial charge in [-0.1, -0.05) is 6.58 Å². The molecule has 0 saturated carbocycles. The maximum atomic E-state index is 13.3. The van der Waals surface area contributed by atoms with E-state index in [-0.39, 0.29) is 0 Å². The summed E-state index contributed by atoms with van der Waals surface area (Å²) in [4.78, 5) is 10.3. The third-order valence-electron chi connectivity index (χ3n) is 3.42. The molecule has 0 aliphatic carbocycles. The minimum absolute atomic E-state index is 1.68. The molecule has 0 aliphatic rings. The number of carboxylic acids is 1. The van der Waals surface area contributed by atoms with Crippen molar-refractivity contribution in [2.75, 3.05) is 0 Å². The smallest absolute Gasteiger partial charge is 0.384 e. The van der Waals surface area contributed by atoms with Crippen molar-refractivity contribution in [3.8, 4) is 0 Å². The zero-order valence-electron chi connectivity index (χ0n) is 13.1. The van der Waals surface area contributed by atoms with Gasteiger partial charge in [0, 0.05) is 12.0 Å². The van der Waals surface area contributed by atoms with Crippen LogP contribution >= 0.6 is 0 Å². The van der Waals surface area contributed by atoms with Gasteiger partial charge >= 0.3 is 47.9 Å². The van der Waals surface area contributed by atoms with Crippen molar-refractivity contribution >= 4 is 5.97 Å². The summed E-state index contributed by atoms with van der Waals surface area (Å²) in [5.41, 5.74) is -1.68. The van der Waals surface area contributed by atoms with Crippen molar-refractivity contribution in [1.29, 1.82) is 0 Å². The first-order valence-electron chi connectivity index (χ1n) is 6.54. The van der Waals surface area contributed by atoms with Crippen LogP contribution in [0, 0.1) is 0 Å². The van der Waals surface area contributed by atoms with Crippen LogP contribution in [-0.2, 0) is 4.79 Å². The van der Waals surface area contributed by atoms with Crippen molar-refractivity contribution in [3.63, 3.8) is 0 Å². The first-order valence-corrected chi connectivity index (χ1v) is 6.54. The van der Waals surface area contributed by atoms with Crippen molar-refractivity contribution in [2.24, 2.45) is 0 Å². The molecule has 17 heteroatoms. The molecule has 2 nitrogen and oxygen atoms in total. The molecule has 1 N–H and O–H groups in total. The molecular weight excluding hydrogens is 461 g/mol. The number of rotatable bonds is 10. The summed E-state index contributed by atoms with van der Waals surface area (Å²) in [6.45, 7) is 2.34. The molecule has 0 heterocycles. The molecule has 0 fully saturated rings. The molecule has 0 aliphatic heterocycles. The van der Waals surface area contributed by atoms with E-state index in [1.165, 1.54) is 0 Å². The topological polar surface area (TPSA) is 37.3 Å². The van der Waals surface area contributed by atoms with Gasteiger partial charge in [0.25, 0.3) is 0 Å². The molecule has 0 aromatic rings. The first-order chi connectivity index (χ1) is 12.4. The highest BCUT2D eigenvalue weighted by Gasteiger charge is 2.91. The number of carboxylic acid groups (broad SMARTS) is 1. The van der Waals surface area contributed by atoms with Crippen LogP contribution in [0.5, 0.6) is 0 Å². The van der Waals surface area contributed by atoms with Gasteiger partial charge in [0.05, 0.1) is 0 Å². The number of alkyl halides is 15. The Kier molecular flexibility index (Phi) is 6.97. The van der Waals surface area contributed by atoms with Crippen molar-refractivity contribution < 1.29 is 75.8 Å². The predicted octanol–water partition coefficient (Wildman–Crippen LogP) is 5.43. The lowest BCUT2D eigenvalue weighted by molar-refractivity contribution is -0.436. The Labute approximate surface area is 150 Å². The van der Waals surface area contributed by atoms with Gasteiger partial charge in [-0.2, -0.15) is 52.7 Å². The highest BCUT2D eigenvalue weighted by Crippen LogP contribution is 2.61. The second-order valence-electron chi connectivity index (χ2n) is 5.42. The Morgan fingerprint density at radius 3 is 1.28 bits per heavy atom. The summed E-state index contributed by atoms with van der Waals surface area (Å²) in [5.74, 6) is -49.2. The fourth-order valence-electron chi connectivity index (χ4n) is 1.58. The maximum Gasteiger partial charge on any atom is 0.384 e. The molecule has 0 spiro atoms. The molecule has 0 radical (unpaired) electrons. The van der Waals surface area contributed by atoms with Crippen LogP contribution in [0.1, 0.15) is 6.42 Å². The summed E-state index contributed by atoms with van der Waals surface area (Å²) in [5, 5.41) is 8.22. The Balaban J connectivity index is 6.37. The fourth-order valence-corrected chi connectivity index (χ4v) is 1.58. The van der Waals surface area contributed by atoms with Gasteiger partial charge in [0.2, 0.25) is 0 Å². The summed E-state index contributed by atoms with van der Waals surface area (Å²) in [7, 11) is 0. The van der Waals surface area contributed by atoms with E-state index in [9.17, 15) is 70.7 Å². The Morgan fingerprint density at radius 2 is 1.00 bits per heavy atom. The molecule has 0 aromatic carbocycles. The van der Waals surface area contributed by atoms with Crippen LogP contribution in [-0.4, -0.2) is 59.2 Å².